The highest BCUT2D eigenvalue weighted by Crippen LogP contribution is 2.52. The molecule has 0 aromatic heterocycles. The molecule has 11 saturated heterocycles. The number of likely N-dealkylation sites (tertiary alicyclic amines) is 3. The summed E-state index contributed by atoms with van der Waals surface area (Å²) in [5.74, 6) is 9.11. The zero-order valence-corrected chi connectivity index (χ0v) is 76.2. The van der Waals surface area contributed by atoms with Crippen LogP contribution in [0.2, 0.25) is 0 Å². The molecule has 0 spiro atoms. The number of ketones is 4. The summed E-state index contributed by atoms with van der Waals surface area (Å²) >= 11 is 0. The lowest BCUT2D eigenvalue weighted by molar-refractivity contribution is -0.988. The number of fused-ring (bicyclic) bond motifs is 5. The molecule has 2 amide bonds. The molecule has 13 aliphatic rings. The number of carbonyl (C=O) groups excluding carboxylic acids is 6. The average molecular weight is 1520 g/mol. The Labute approximate surface area is 666 Å². The maximum atomic E-state index is 12.4. The minimum atomic E-state index is 0.138. The summed E-state index contributed by atoms with van der Waals surface area (Å²) in [6.07, 6.45) is 27.9. The van der Waals surface area contributed by atoms with Gasteiger partial charge in [0.15, 0.2) is 0 Å². The third-order valence-electron chi connectivity index (χ3n) is 33.5. The molecule has 13 rings (SSSR count). The molecule has 0 aromatic carbocycles. The van der Waals surface area contributed by atoms with Crippen LogP contribution in [0.5, 0.6) is 0 Å². The van der Waals surface area contributed by atoms with Gasteiger partial charge in [0.1, 0.15) is 23.1 Å². The minimum absolute atomic E-state index is 0.138. The van der Waals surface area contributed by atoms with Crippen LogP contribution in [0.25, 0.3) is 0 Å². The summed E-state index contributed by atoms with van der Waals surface area (Å²) in [4.78, 5) is 76.6. The number of carbonyl (C=O) groups is 6. The van der Waals surface area contributed by atoms with Crippen LogP contribution in [0.3, 0.4) is 0 Å². The number of nitrogens with zero attached hydrogens (tertiary/aromatic N) is 8. The average Bonchev–Trinajstić information content (AvgIpc) is 1.02. The highest BCUT2D eigenvalue weighted by molar-refractivity contribution is 5.82. The standard InChI is InChI=1S/C17H32NO.C16H29N2O.2C16H30NO.C15H28NO.C14H29N2O/c1-13(2)17(19)12-15-8-7-11-18(14(3)4)10-6-5-9-16(15)18;1-10(2)16(19)17-12-6-14-8-13(17)9-15(7-12)18(14,5)11(3)4;1-11(2)16(18)8-13-6-14-9-17(5,12(3)4)10-15(14)7-13;1-12(2)16(18)11-14-7-5-9-17(13(3)4)10-6-8-15(14)17;1-10(2)15(17)8-12-6-14-7-13(12)9-16(14,5)11(3)4;1-11(2)14(17)15-9-7-13(8-10-15)16(5,6)12(3)4/h13-16H,5-12H2,1-4H3;10-15H,6-9H2,1-5H3;11-15H,6-10H2,1-5H3;12-15H,5-11H2,1-4H3;10-14H,6-9H2,1-5H3;11-13H,7-10H2,1-6H3/q6*+1. The number of Topliss-reactive ketones (excluding diaryl/α,β-unsaturated/α-hetero) is 4. The van der Waals surface area contributed by atoms with Crippen molar-refractivity contribution in [3.05, 3.63) is 0 Å². The molecule has 14 nitrogen and oxygen atoms in total. The smallest absolute Gasteiger partial charge is 0.225 e. The van der Waals surface area contributed by atoms with E-state index >= 15 is 0 Å². The van der Waals surface area contributed by atoms with Crippen molar-refractivity contribution >= 4 is 34.9 Å². The first-order valence-electron chi connectivity index (χ1n) is 46.0. The van der Waals surface area contributed by atoms with Crippen LogP contribution in [0.15, 0.2) is 0 Å². The summed E-state index contributed by atoms with van der Waals surface area (Å²) in [7, 11) is 11.9. The topological polar surface area (TPSA) is 109 Å². The molecule has 11 heterocycles. The van der Waals surface area contributed by atoms with Gasteiger partial charge < -0.3 is 36.7 Å². The van der Waals surface area contributed by atoms with Crippen LogP contribution >= 0.6 is 0 Å². The van der Waals surface area contributed by atoms with Crippen molar-refractivity contribution < 1.29 is 55.7 Å². The van der Waals surface area contributed by atoms with Gasteiger partial charge in [0.05, 0.1) is 154 Å². The number of rotatable bonds is 21. The predicted octanol–water partition coefficient (Wildman–Crippen LogP) is 17.7. The largest absolute Gasteiger partial charge is 0.342 e. The Balaban J connectivity index is 0.000000181. The fraction of sp³-hybridized carbons (Fsp3) is 0.936. The molecule has 0 radical (unpaired) electrons. The van der Waals surface area contributed by atoms with Crippen LogP contribution in [-0.4, -0.2) is 250 Å². The van der Waals surface area contributed by atoms with Gasteiger partial charge in [0, 0.05) is 180 Å². The Morgan fingerprint density at radius 2 is 0.769 bits per heavy atom. The summed E-state index contributed by atoms with van der Waals surface area (Å²) in [5, 5.41) is 0. The molecule has 2 aliphatic carbocycles. The zero-order chi connectivity index (χ0) is 80.8. The van der Waals surface area contributed by atoms with E-state index in [1.807, 2.05) is 74.1 Å². The Kier molecular flexibility index (Phi) is 32.9. The Hall–Kier alpha value is -2.62. The van der Waals surface area contributed by atoms with Crippen molar-refractivity contribution in [2.75, 3.05) is 94.1 Å². The summed E-state index contributed by atoms with van der Waals surface area (Å²) in [5.41, 5.74) is 0. The van der Waals surface area contributed by atoms with E-state index in [-0.39, 0.29) is 35.5 Å². The fourth-order valence-corrected chi connectivity index (χ4v) is 24.6. The zero-order valence-electron chi connectivity index (χ0n) is 76.2. The molecule has 108 heavy (non-hydrogen) atoms. The Bertz CT molecular complexity index is 2850. The molecular formula is C94H178N8O6+6. The van der Waals surface area contributed by atoms with Gasteiger partial charge >= 0.3 is 0 Å². The van der Waals surface area contributed by atoms with Crippen molar-refractivity contribution in [1.82, 2.24) is 9.80 Å². The molecule has 13 fully saturated rings. The lowest BCUT2D eigenvalue weighted by Gasteiger charge is -2.65. The normalized spacial score (nSPS) is 36.1. The van der Waals surface area contributed by atoms with Gasteiger partial charge in [0.2, 0.25) is 11.8 Å². The number of piperidine rings is 9. The van der Waals surface area contributed by atoms with Gasteiger partial charge in [-0.3, -0.25) is 28.8 Å². The van der Waals surface area contributed by atoms with E-state index < -0.39 is 0 Å². The van der Waals surface area contributed by atoms with Crippen LogP contribution in [0.4, 0.5) is 0 Å². The second kappa shape index (κ2) is 38.4. The van der Waals surface area contributed by atoms with E-state index in [1.54, 1.807) is 0 Å². The summed E-state index contributed by atoms with van der Waals surface area (Å²) in [6.45, 7) is 63.9. The molecule has 6 bridgehead atoms. The van der Waals surface area contributed by atoms with Crippen LogP contribution in [0, 0.1) is 76.9 Å². The van der Waals surface area contributed by atoms with E-state index in [9.17, 15) is 28.8 Å². The summed E-state index contributed by atoms with van der Waals surface area (Å²) < 4.78 is 7.46. The van der Waals surface area contributed by atoms with Crippen molar-refractivity contribution in [3.63, 3.8) is 0 Å². The van der Waals surface area contributed by atoms with Gasteiger partial charge in [-0.1, -0.05) is 83.1 Å². The first-order valence-corrected chi connectivity index (χ1v) is 46.0. The van der Waals surface area contributed by atoms with Gasteiger partial charge in [0.25, 0.3) is 0 Å². The lowest BCUT2D eigenvalue weighted by atomic mass is 9.70. The Morgan fingerprint density at radius 3 is 1.13 bits per heavy atom. The maximum Gasteiger partial charge on any atom is 0.225 e. The monoisotopic (exact) mass is 1520 g/mol. The third kappa shape index (κ3) is 21.0. The van der Waals surface area contributed by atoms with Crippen LogP contribution in [0.1, 0.15) is 314 Å². The Morgan fingerprint density at radius 1 is 0.370 bits per heavy atom. The molecular weight excluding hydrogens is 1340 g/mol. The maximum absolute atomic E-state index is 12.4. The highest BCUT2D eigenvalue weighted by Gasteiger charge is 2.61. The minimum Gasteiger partial charge on any atom is -0.342 e. The predicted molar refractivity (Wildman–Crippen MR) is 449 cm³/mol. The quantitative estimate of drug-likeness (QED) is 0.106. The number of quaternary nitrogens is 6. The van der Waals surface area contributed by atoms with Crippen molar-refractivity contribution in [3.8, 4) is 0 Å². The number of hydrogen-bond donors (Lipinski definition) is 0. The second-order valence-corrected chi connectivity index (χ2v) is 43.4. The number of hydrogen-bond acceptors (Lipinski definition) is 6. The molecule has 14 heteroatoms. The van der Waals surface area contributed by atoms with Crippen LogP contribution in [-0.2, 0) is 28.8 Å². The third-order valence-corrected chi connectivity index (χ3v) is 33.5. The number of amides is 2. The van der Waals surface area contributed by atoms with Gasteiger partial charge in [-0.25, -0.2) is 0 Å². The lowest BCUT2D eigenvalue weighted by Crippen LogP contribution is -2.77. The van der Waals surface area contributed by atoms with E-state index in [0.29, 0.717) is 88.8 Å². The van der Waals surface area contributed by atoms with E-state index in [4.69, 9.17) is 0 Å². The first-order chi connectivity index (χ1) is 50.2. The van der Waals surface area contributed by atoms with Crippen molar-refractivity contribution in [1.29, 1.82) is 0 Å². The molecule has 0 aromatic rings. The van der Waals surface area contributed by atoms with Gasteiger partial charge in [-0.2, -0.15) is 0 Å². The molecule has 0 N–H and O–H groups in total. The highest BCUT2D eigenvalue weighted by atomic mass is 16.2. The molecule has 624 valence electrons. The second-order valence-electron chi connectivity index (χ2n) is 43.4. The first kappa shape index (κ1) is 92.6. The molecule has 12 unspecified atom stereocenters. The molecule has 2 saturated carbocycles. The van der Waals surface area contributed by atoms with E-state index in [1.165, 1.54) is 177 Å². The SMILES string of the molecule is CC(C)C(=O)CC1CC2CC1C[N+]2(C)C(C)C.CC(C)C(=O)CC1CC2C[N+](C)(C(C)C)CC2C1.CC(C)C(=O)CC1CCC[N+]2(C(C)C)CCCC12.CC(C)C(=O)CC1CCC[N+]2(C(C)C)CCCCC12.CC(C)C(=O)N1C2CC3CC1CC(C2)[N+]3(C)C(C)C.CC(C)C(=O)N1CCC([N+](C)(C)C(C)C)CC1. The summed E-state index contributed by atoms with van der Waals surface area (Å²) in [6, 6.07) is 10.0. The molecule has 12 atom stereocenters. The van der Waals surface area contributed by atoms with Crippen molar-refractivity contribution in [2.24, 2.45) is 76.9 Å². The van der Waals surface area contributed by atoms with E-state index in [2.05, 4.69) is 137 Å². The van der Waals surface area contributed by atoms with Gasteiger partial charge in [-0.05, 0) is 153 Å². The van der Waals surface area contributed by atoms with Crippen molar-refractivity contribution in [2.45, 2.75) is 398 Å². The van der Waals surface area contributed by atoms with E-state index in [0.717, 1.165) is 128 Å². The van der Waals surface area contributed by atoms with Crippen LogP contribution < -0.4 is 0 Å². The van der Waals surface area contributed by atoms with Gasteiger partial charge in [-0.15, -0.1) is 0 Å². The fourth-order valence-electron chi connectivity index (χ4n) is 24.6. The molecule has 11 aliphatic heterocycles.